The highest BCUT2D eigenvalue weighted by molar-refractivity contribution is 7.80. The first-order chi connectivity index (χ1) is 8.43. The van der Waals surface area contributed by atoms with Crippen LogP contribution in [0.2, 0.25) is 6.04 Å². The van der Waals surface area contributed by atoms with E-state index in [1.807, 2.05) is 6.04 Å². The lowest BCUT2D eigenvalue weighted by Crippen LogP contribution is -2.23. The molecule has 0 saturated carbocycles. The summed E-state index contributed by atoms with van der Waals surface area (Å²) >= 11 is 0. The van der Waals surface area contributed by atoms with Crippen LogP contribution in [0.25, 0.3) is 0 Å². The quantitative estimate of drug-likeness (QED) is 0.386. The minimum absolute atomic E-state index is 0.242. The second-order valence-corrected chi connectivity index (χ2v) is 52.2. The van der Waals surface area contributed by atoms with Crippen LogP contribution in [0.5, 0.6) is 0 Å². The van der Waals surface area contributed by atoms with Crippen molar-refractivity contribution in [3.05, 3.63) is 0 Å². The molecule has 0 amide bonds. The van der Waals surface area contributed by atoms with Gasteiger partial charge in [0.2, 0.25) is 0 Å². The average molecular weight is 319 g/mol. The molecular formula is C12H34Si5. The van der Waals surface area contributed by atoms with E-state index in [0.717, 1.165) is 34.2 Å². The maximum Gasteiger partial charge on any atom is 0.00631 e. The van der Waals surface area contributed by atoms with Gasteiger partial charge in [-0.3, -0.25) is 0 Å². The molecular weight excluding hydrogens is 285 g/mol. The van der Waals surface area contributed by atoms with Gasteiger partial charge in [-0.05, 0) is 34.2 Å². The molecule has 1 fully saturated rings. The molecule has 1 saturated heterocycles. The lowest BCUT2D eigenvalue weighted by Gasteiger charge is -2.06. The molecule has 0 atom stereocenters. The second-order valence-electron chi connectivity index (χ2n) is 6.12. The van der Waals surface area contributed by atoms with Gasteiger partial charge in [0.1, 0.15) is 0 Å². The molecule has 17 heavy (non-hydrogen) atoms. The van der Waals surface area contributed by atoms with Crippen LogP contribution >= 0.6 is 0 Å². The maximum atomic E-state index is 2.31. The summed E-state index contributed by atoms with van der Waals surface area (Å²) in [7, 11) is 3.52. The Morgan fingerprint density at radius 2 is 1.12 bits per heavy atom. The van der Waals surface area contributed by atoms with Crippen molar-refractivity contribution in [2.24, 2.45) is 0 Å². The summed E-state index contributed by atoms with van der Waals surface area (Å²) in [5.74, 6) is 0. The first-order valence-corrected chi connectivity index (χ1v) is 27.8. The van der Waals surface area contributed by atoms with E-state index in [2.05, 4.69) is 6.92 Å². The largest absolute Gasteiger partial charge is 0.0654 e. The van der Waals surface area contributed by atoms with Crippen LogP contribution in [0.3, 0.4) is 0 Å². The highest BCUT2D eigenvalue weighted by Crippen LogP contribution is 2.12. The Morgan fingerprint density at radius 3 is 1.65 bits per heavy atom. The fraction of sp³-hybridized carbons (Fsp3) is 1.00. The standard InChI is InChI=1S/C12H34Si5/c1-2-3-4-5-6-7-8-9-10-11-12-17-15-13-14-16-17/h17H,2-16H2,1H3. The highest BCUT2D eigenvalue weighted by Gasteiger charge is 2.17. The normalized spacial score (nSPS) is 25.6. The zero-order valence-corrected chi connectivity index (χ0v) is 19.0. The van der Waals surface area contributed by atoms with Gasteiger partial charge in [0.15, 0.2) is 0 Å². The molecule has 0 aromatic carbocycles. The van der Waals surface area contributed by atoms with Crippen LogP contribution in [0.15, 0.2) is 0 Å². The molecule has 0 aromatic heterocycles. The zero-order chi connectivity index (χ0) is 12.2. The van der Waals surface area contributed by atoms with Gasteiger partial charge in [-0.25, -0.2) is 0 Å². The van der Waals surface area contributed by atoms with Crippen molar-refractivity contribution in [2.75, 3.05) is 0 Å². The summed E-state index contributed by atoms with van der Waals surface area (Å²) in [6, 6.07) is 1.87. The Bertz CT molecular complexity index is 159. The van der Waals surface area contributed by atoms with Crippen LogP contribution in [0.1, 0.15) is 71.1 Å². The van der Waals surface area contributed by atoms with Crippen molar-refractivity contribution >= 4 is 42.1 Å². The first-order valence-electron chi connectivity index (χ1n) is 8.43. The summed E-state index contributed by atoms with van der Waals surface area (Å²) in [4.78, 5) is 0. The van der Waals surface area contributed by atoms with E-state index in [1.54, 1.807) is 25.7 Å². The van der Waals surface area contributed by atoms with Crippen LogP contribution in [-0.2, 0) is 0 Å². The first kappa shape index (κ1) is 16.1. The van der Waals surface area contributed by atoms with Crippen molar-refractivity contribution in [3.63, 3.8) is 0 Å². The molecule has 1 aliphatic rings. The molecule has 1 rings (SSSR count). The van der Waals surface area contributed by atoms with E-state index in [4.69, 9.17) is 0 Å². The molecule has 0 aliphatic carbocycles. The lowest BCUT2D eigenvalue weighted by atomic mass is 10.1. The molecule has 0 aromatic rings. The van der Waals surface area contributed by atoms with Gasteiger partial charge in [0.25, 0.3) is 0 Å². The fourth-order valence-electron chi connectivity index (χ4n) is 3.22. The molecule has 1 aliphatic heterocycles. The van der Waals surface area contributed by atoms with Crippen LogP contribution < -0.4 is 0 Å². The molecule has 0 N–H and O–H groups in total. The summed E-state index contributed by atoms with van der Waals surface area (Å²) in [6.07, 6.45) is 15.4. The molecule has 5 heteroatoms. The van der Waals surface area contributed by atoms with Crippen LogP contribution in [0, 0.1) is 0 Å². The smallest absolute Gasteiger partial charge is 0.00631 e. The Hall–Kier alpha value is 1.08. The predicted molar refractivity (Wildman–Crippen MR) is 98.0 cm³/mol. The van der Waals surface area contributed by atoms with E-state index in [1.165, 1.54) is 38.5 Å². The number of unbranched alkanes of at least 4 members (excludes halogenated alkanes) is 9. The Morgan fingerprint density at radius 1 is 0.647 bits per heavy atom. The minimum Gasteiger partial charge on any atom is -0.0654 e. The average Bonchev–Trinajstić information content (AvgIpc) is 2.85. The number of hydrogen-bond acceptors (Lipinski definition) is 0. The van der Waals surface area contributed by atoms with Crippen LogP contribution in [-0.4, -0.2) is 42.1 Å². The topological polar surface area (TPSA) is 0 Å². The monoisotopic (exact) mass is 318 g/mol. The third kappa shape index (κ3) is 9.64. The van der Waals surface area contributed by atoms with Gasteiger partial charge in [-0.15, -0.1) is 0 Å². The van der Waals surface area contributed by atoms with Crippen LogP contribution in [0.4, 0.5) is 0 Å². The second kappa shape index (κ2) is 12.1. The van der Waals surface area contributed by atoms with Crippen molar-refractivity contribution in [1.82, 2.24) is 0 Å². The van der Waals surface area contributed by atoms with Gasteiger partial charge in [-0.2, -0.15) is 0 Å². The summed E-state index contributed by atoms with van der Waals surface area (Å²) in [6.45, 7) is 2.31. The number of hydrogen-bond donors (Lipinski definition) is 0. The van der Waals surface area contributed by atoms with Gasteiger partial charge in [0.05, 0.1) is 0 Å². The third-order valence-electron chi connectivity index (χ3n) is 4.44. The summed E-state index contributed by atoms with van der Waals surface area (Å²) in [5.41, 5.74) is 0. The molecule has 1 heterocycles. The number of rotatable bonds is 11. The molecule has 0 bridgehead atoms. The Balaban J connectivity index is 1.69. The van der Waals surface area contributed by atoms with Gasteiger partial charge < -0.3 is 0 Å². The van der Waals surface area contributed by atoms with Crippen molar-refractivity contribution < 1.29 is 0 Å². The van der Waals surface area contributed by atoms with E-state index in [0.29, 0.717) is 0 Å². The van der Waals surface area contributed by atoms with Crippen molar-refractivity contribution in [3.8, 4) is 0 Å². The SMILES string of the molecule is CCCCCCCCCCCC[SiH]1[SiH2][SiH2][SiH2][SiH2]1. The Kier molecular flexibility index (Phi) is 11.5. The predicted octanol–water partition coefficient (Wildman–Crippen LogP) is 0.562. The van der Waals surface area contributed by atoms with Crippen molar-refractivity contribution in [1.29, 1.82) is 0 Å². The third-order valence-corrected chi connectivity index (χ3v) is 104. The fourth-order valence-corrected chi connectivity index (χ4v) is 211. The van der Waals surface area contributed by atoms with Gasteiger partial charge >= 0.3 is 0 Å². The lowest BCUT2D eigenvalue weighted by molar-refractivity contribution is 0.562. The Labute approximate surface area is 119 Å². The van der Waals surface area contributed by atoms with Crippen molar-refractivity contribution in [2.45, 2.75) is 77.2 Å². The van der Waals surface area contributed by atoms with Gasteiger partial charge in [0, 0.05) is 7.83 Å². The molecule has 102 valence electrons. The highest BCUT2D eigenvalue weighted by atomic mass is 30.1. The van der Waals surface area contributed by atoms with Gasteiger partial charge in [-0.1, -0.05) is 77.2 Å². The molecule has 0 radical (unpaired) electrons. The summed E-state index contributed by atoms with van der Waals surface area (Å²) < 4.78 is 0. The minimum atomic E-state index is 0.242. The summed E-state index contributed by atoms with van der Waals surface area (Å²) in [5, 5.41) is 0. The molecule has 0 spiro atoms. The maximum absolute atomic E-state index is 2.31. The van der Waals surface area contributed by atoms with E-state index in [9.17, 15) is 0 Å². The van der Waals surface area contributed by atoms with E-state index >= 15 is 0 Å². The zero-order valence-electron chi connectivity index (χ0n) is 12.2. The van der Waals surface area contributed by atoms with E-state index in [-0.39, 0.29) is 7.83 Å². The molecule has 0 unspecified atom stereocenters. The molecule has 0 nitrogen and oxygen atoms in total. The van der Waals surface area contributed by atoms with E-state index < -0.39 is 0 Å².